The highest BCUT2D eigenvalue weighted by atomic mass is 32.2. The van der Waals surface area contributed by atoms with Crippen molar-refractivity contribution in [1.82, 2.24) is 34.3 Å². The largest absolute Gasteiger partial charge is 0.598 e. The second kappa shape index (κ2) is 17.5. The molecule has 4 atom stereocenters. The van der Waals surface area contributed by atoms with Gasteiger partial charge in [-0.25, -0.2) is 14.4 Å². The Hall–Kier alpha value is -3.48. The van der Waals surface area contributed by atoms with Gasteiger partial charge in [0.15, 0.2) is 8.32 Å². The molecular formula is C42H68N8O7SSi. The standard InChI is InChI=1S/C42H68N8O7SSi/c1-39(2,3)57-38(54)45-42(10,11)35(51)48-20-22-49(23-21-48)36(52)43-33-18-19-50(37(53)44-33)29-16-14-28(15-17-29)24-47-25-30-31(26-47)34(30)32(46-58(55)40(4,5)6)27-56-59(12,13)41(7,8)9/h14-19,30-32,34,46H,20-27H2,1-13H3,(H,45,54)(H,43,44,52,53). The maximum absolute atomic E-state index is 13.2. The van der Waals surface area contributed by atoms with Crippen LogP contribution in [0.1, 0.15) is 81.7 Å². The summed E-state index contributed by atoms with van der Waals surface area (Å²) in [5, 5.41) is 5.45. The van der Waals surface area contributed by atoms with Crippen molar-refractivity contribution < 1.29 is 28.1 Å². The summed E-state index contributed by atoms with van der Waals surface area (Å²) in [5.41, 5.74) is -0.603. The molecule has 0 radical (unpaired) electrons. The Morgan fingerprint density at radius 1 is 0.898 bits per heavy atom. The van der Waals surface area contributed by atoms with Crippen molar-refractivity contribution in [3.8, 4) is 5.69 Å². The summed E-state index contributed by atoms with van der Waals surface area (Å²) in [6, 6.07) is 9.08. The first-order valence-electron chi connectivity index (χ1n) is 20.7. The van der Waals surface area contributed by atoms with Gasteiger partial charge in [0.25, 0.3) is 0 Å². The van der Waals surface area contributed by atoms with Crippen LogP contribution in [0.3, 0.4) is 0 Å². The number of amides is 4. The Kier molecular flexibility index (Phi) is 13.8. The first kappa shape index (κ1) is 46.6. The number of rotatable bonds is 12. The van der Waals surface area contributed by atoms with Gasteiger partial charge < -0.3 is 28.8 Å². The fourth-order valence-corrected chi connectivity index (χ4v) is 9.32. The van der Waals surface area contributed by atoms with E-state index >= 15 is 0 Å². The third-order valence-electron chi connectivity index (χ3n) is 11.9. The van der Waals surface area contributed by atoms with Gasteiger partial charge in [-0.05, 0) is 115 Å². The highest BCUT2D eigenvalue weighted by Gasteiger charge is 2.60. The van der Waals surface area contributed by atoms with Gasteiger partial charge in [0.05, 0.1) is 18.3 Å². The van der Waals surface area contributed by atoms with Crippen LogP contribution in [0.2, 0.25) is 18.1 Å². The molecule has 4 unspecified atom stereocenters. The Morgan fingerprint density at radius 3 is 2.00 bits per heavy atom. The van der Waals surface area contributed by atoms with Crippen molar-refractivity contribution in [2.24, 2.45) is 17.8 Å². The lowest BCUT2D eigenvalue weighted by Gasteiger charge is -2.38. The molecule has 59 heavy (non-hydrogen) atoms. The van der Waals surface area contributed by atoms with Crippen LogP contribution in [0.15, 0.2) is 41.3 Å². The number of likely N-dealkylation sites (tertiary alicyclic amines) is 1. The molecule has 328 valence electrons. The summed E-state index contributed by atoms with van der Waals surface area (Å²) >= 11 is -1.18. The van der Waals surface area contributed by atoms with E-state index in [0.29, 0.717) is 30.0 Å². The monoisotopic (exact) mass is 856 g/mol. The molecule has 17 heteroatoms. The van der Waals surface area contributed by atoms with E-state index in [1.54, 1.807) is 56.7 Å². The summed E-state index contributed by atoms with van der Waals surface area (Å²) in [6.45, 7) is 30.2. The number of urea groups is 1. The zero-order chi connectivity index (χ0) is 43.9. The zero-order valence-electron chi connectivity index (χ0n) is 37.4. The van der Waals surface area contributed by atoms with Gasteiger partial charge in [-0.2, -0.15) is 4.98 Å². The van der Waals surface area contributed by atoms with E-state index in [1.165, 1.54) is 4.57 Å². The molecule has 0 bridgehead atoms. The molecule has 1 aromatic heterocycles. The fraction of sp³-hybridized carbons (Fsp3) is 0.690. The lowest BCUT2D eigenvalue weighted by Crippen LogP contribution is -2.60. The van der Waals surface area contributed by atoms with Gasteiger partial charge in [0, 0.05) is 63.4 Å². The van der Waals surface area contributed by atoms with Crippen LogP contribution in [0.25, 0.3) is 5.69 Å². The van der Waals surface area contributed by atoms with Crippen LogP contribution in [0.4, 0.5) is 15.4 Å². The second-order valence-electron chi connectivity index (χ2n) is 20.4. The number of hydrogen-bond donors (Lipinski definition) is 3. The van der Waals surface area contributed by atoms with Crippen LogP contribution in [-0.2, 0) is 31.9 Å². The average Bonchev–Trinajstić information content (AvgIpc) is 3.60. The number of benzene rings is 1. The topological polar surface area (TPSA) is 173 Å². The van der Waals surface area contributed by atoms with E-state index in [-0.39, 0.29) is 53.7 Å². The minimum Gasteiger partial charge on any atom is -0.598 e. The van der Waals surface area contributed by atoms with E-state index in [2.05, 4.69) is 59.1 Å². The summed E-state index contributed by atoms with van der Waals surface area (Å²) in [4.78, 5) is 61.4. The lowest BCUT2D eigenvalue weighted by atomic mass is 10.0. The van der Waals surface area contributed by atoms with Crippen molar-refractivity contribution >= 4 is 43.5 Å². The molecule has 4 amide bonds. The fourth-order valence-electron chi connectivity index (χ4n) is 7.44. The molecule has 3 N–H and O–H groups in total. The number of hydrogen-bond acceptors (Lipinski definition) is 10. The van der Waals surface area contributed by atoms with Gasteiger partial charge in [-0.3, -0.25) is 19.6 Å². The van der Waals surface area contributed by atoms with Gasteiger partial charge in [-0.1, -0.05) is 32.9 Å². The number of anilines is 1. The number of fused-ring (bicyclic) bond motifs is 1. The number of alkyl carbamates (subject to hydrolysis) is 1. The zero-order valence-corrected chi connectivity index (χ0v) is 39.2. The molecule has 1 aliphatic carbocycles. The van der Waals surface area contributed by atoms with E-state index in [4.69, 9.17) is 9.16 Å². The minimum atomic E-state index is -1.96. The van der Waals surface area contributed by atoms with Crippen LogP contribution >= 0.6 is 0 Å². The van der Waals surface area contributed by atoms with Gasteiger partial charge >= 0.3 is 17.8 Å². The van der Waals surface area contributed by atoms with Crippen molar-refractivity contribution in [1.29, 1.82) is 0 Å². The molecule has 5 rings (SSSR count). The Morgan fingerprint density at radius 2 is 1.47 bits per heavy atom. The summed E-state index contributed by atoms with van der Waals surface area (Å²) < 4.78 is 29.7. The normalized spacial score (nSPS) is 21.4. The number of ether oxygens (including phenoxy) is 1. The third kappa shape index (κ3) is 11.9. The SMILES string of the molecule is CC(C)(C)OC(=O)NC(C)(C)C(=O)N1CCN(C(=O)Nc2ccn(-c3ccc(CN4CC5C(C4)C5C(CO[Si](C)(C)C(C)(C)C)N[S+]([O-])C(C)(C)C)cc3)c(=O)n2)CC1. The average molecular weight is 857 g/mol. The van der Waals surface area contributed by atoms with E-state index in [1.807, 2.05) is 45.0 Å². The van der Waals surface area contributed by atoms with Crippen LogP contribution in [0, 0.1) is 17.8 Å². The van der Waals surface area contributed by atoms with Crippen LogP contribution < -0.4 is 21.0 Å². The van der Waals surface area contributed by atoms with Gasteiger partial charge in [-0.15, -0.1) is 4.72 Å². The van der Waals surface area contributed by atoms with Crippen LogP contribution in [0.5, 0.6) is 0 Å². The molecule has 3 heterocycles. The molecule has 1 aromatic carbocycles. The summed E-state index contributed by atoms with van der Waals surface area (Å²) in [5.74, 6) is 1.37. The molecule has 2 saturated heterocycles. The highest BCUT2D eigenvalue weighted by molar-refractivity contribution is 7.90. The van der Waals surface area contributed by atoms with E-state index in [0.717, 1.165) is 25.2 Å². The number of nitrogens with one attached hydrogen (secondary N) is 3. The summed E-state index contributed by atoms with van der Waals surface area (Å²) in [7, 11) is -1.96. The molecule has 2 aromatic rings. The first-order valence-corrected chi connectivity index (χ1v) is 24.8. The molecule has 15 nitrogen and oxygen atoms in total. The Bertz CT molecular complexity index is 1870. The predicted molar refractivity (Wildman–Crippen MR) is 234 cm³/mol. The number of piperidine rings is 1. The third-order valence-corrected chi connectivity index (χ3v) is 18.0. The van der Waals surface area contributed by atoms with E-state index in [9.17, 15) is 23.7 Å². The number of carbonyl (C=O) groups is 3. The lowest BCUT2D eigenvalue weighted by molar-refractivity contribution is -0.138. The van der Waals surface area contributed by atoms with Gasteiger partial charge in [0.2, 0.25) is 5.91 Å². The Labute approximate surface area is 354 Å². The highest BCUT2D eigenvalue weighted by Crippen LogP contribution is 2.54. The van der Waals surface area contributed by atoms with Gasteiger partial charge in [0.1, 0.15) is 21.7 Å². The van der Waals surface area contributed by atoms with Crippen molar-refractivity contribution in [2.45, 2.75) is 123 Å². The second-order valence-corrected chi connectivity index (χ2v) is 27.2. The smallest absolute Gasteiger partial charge is 0.408 e. The van der Waals surface area contributed by atoms with Crippen LogP contribution in [-0.4, -0.2) is 123 Å². The predicted octanol–water partition coefficient (Wildman–Crippen LogP) is 5.33. The maximum atomic E-state index is 13.2. The number of piperazine rings is 1. The molecule has 3 aliphatic rings. The first-order chi connectivity index (χ1) is 27.1. The maximum Gasteiger partial charge on any atom is 0.408 e. The number of carbonyl (C=O) groups excluding carboxylic acids is 3. The molecular weight excluding hydrogens is 789 g/mol. The summed E-state index contributed by atoms with van der Waals surface area (Å²) in [6.07, 6.45) is 0.916. The molecule has 3 fully saturated rings. The quantitative estimate of drug-likeness (QED) is 0.187. The van der Waals surface area contributed by atoms with Crippen molar-refractivity contribution in [2.75, 3.05) is 51.2 Å². The molecule has 1 saturated carbocycles. The Balaban J connectivity index is 1.10. The van der Waals surface area contributed by atoms with Crippen molar-refractivity contribution in [3.05, 3.63) is 52.6 Å². The molecule has 2 aliphatic heterocycles. The number of aromatic nitrogens is 2. The van der Waals surface area contributed by atoms with Crippen molar-refractivity contribution in [3.63, 3.8) is 0 Å². The minimum absolute atomic E-state index is 0.0512. The molecule has 0 spiro atoms. The number of nitrogens with zero attached hydrogens (tertiary/aromatic N) is 5. The van der Waals surface area contributed by atoms with E-state index < -0.39 is 48.6 Å².